The Labute approximate surface area is 121 Å². The van der Waals surface area contributed by atoms with E-state index in [1.807, 2.05) is 24.3 Å². The van der Waals surface area contributed by atoms with Crippen molar-refractivity contribution in [2.45, 2.75) is 12.8 Å². The van der Waals surface area contributed by atoms with Crippen LogP contribution in [0.4, 0.5) is 8.78 Å². The molecule has 0 aromatic heterocycles. The lowest BCUT2D eigenvalue weighted by Crippen LogP contribution is -2.09. The number of ether oxygens (including phenoxy) is 2. The molecule has 0 atom stereocenters. The average molecular weight is 294 g/mol. The van der Waals surface area contributed by atoms with Crippen LogP contribution in [0.2, 0.25) is 0 Å². The number of benzene rings is 2. The lowest BCUT2D eigenvalue weighted by Gasteiger charge is -2.06. The van der Waals surface area contributed by atoms with Crippen LogP contribution in [0.25, 0.3) is 10.8 Å². The maximum absolute atomic E-state index is 12.0. The number of hydrogen-bond acceptors (Lipinski definition) is 3. The standard InChI is InChI=1S/C16H16F2O3/c1-20-14-5-4-11-8-13(3-2-12(11)9-14)15(19)6-7-21-10-16(17)18/h2-5,8-9,16H,6-7,10H2,1H3. The minimum absolute atomic E-state index is 0.00379. The molecule has 112 valence electrons. The predicted molar refractivity (Wildman–Crippen MR) is 76.3 cm³/mol. The van der Waals surface area contributed by atoms with Gasteiger partial charge in [-0.2, -0.15) is 0 Å². The van der Waals surface area contributed by atoms with E-state index in [9.17, 15) is 13.6 Å². The van der Waals surface area contributed by atoms with Crippen molar-refractivity contribution in [3.63, 3.8) is 0 Å². The van der Waals surface area contributed by atoms with Crippen LogP contribution in [0, 0.1) is 0 Å². The van der Waals surface area contributed by atoms with E-state index in [0.29, 0.717) is 5.56 Å². The lowest BCUT2D eigenvalue weighted by atomic mass is 10.0. The van der Waals surface area contributed by atoms with Gasteiger partial charge < -0.3 is 9.47 Å². The smallest absolute Gasteiger partial charge is 0.261 e. The van der Waals surface area contributed by atoms with Crippen LogP contribution in [0.5, 0.6) is 5.75 Å². The first kappa shape index (κ1) is 15.4. The fraction of sp³-hybridized carbons (Fsp3) is 0.312. The maximum Gasteiger partial charge on any atom is 0.261 e. The van der Waals surface area contributed by atoms with Crippen molar-refractivity contribution in [1.29, 1.82) is 0 Å². The fourth-order valence-corrected chi connectivity index (χ4v) is 2.01. The Kier molecular flexibility index (Phi) is 5.22. The van der Waals surface area contributed by atoms with Gasteiger partial charge in [0.1, 0.15) is 12.4 Å². The monoisotopic (exact) mass is 294 g/mol. The summed E-state index contributed by atoms with van der Waals surface area (Å²) in [5.41, 5.74) is 0.549. The maximum atomic E-state index is 12.0. The van der Waals surface area contributed by atoms with E-state index >= 15 is 0 Å². The number of ketones is 1. The Morgan fingerprint density at radius 3 is 2.57 bits per heavy atom. The lowest BCUT2D eigenvalue weighted by molar-refractivity contribution is 0.0170. The zero-order chi connectivity index (χ0) is 15.2. The molecule has 0 unspecified atom stereocenters. The Morgan fingerprint density at radius 1 is 1.14 bits per heavy atom. The molecule has 0 heterocycles. The van der Waals surface area contributed by atoms with Gasteiger partial charge in [0.05, 0.1) is 13.7 Å². The zero-order valence-electron chi connectivity index (χ0n) is 11.6. The van der Waals surface area contributed by atoms with Crippen LogP contribution in [0.3, 0.4) is 0 Å². The Balaban J connectivity index is 2.03. The summed E-state index contributed by atoms with van der Waals surface area (Å²) < 4.78 is 33.7. The van der Waals surface area contributed by atoms with Crippen LogP contribution in [0.15, 0.2) is 36.4 Å². The highest BCUT2D eigenvalue weighted by Gasteiger charge is 2.08. The summed E-state index contributed by atoms with van der Waals surface area (Å²) in [7, 11) is 1.60. The first-order valence-corrected chi connectivity index (χ1v) is 6.57. The quantitative estimate of drug-likeness (QED) is 0.577. The number of fused-ring (bicyclic) bond motifs is 1. The van der Waals surface area contributed by atoms with Gasteiger partial charge in [0.2, 0.25) is 0 Å². The minimum atomic E-state index is -2.50. The summed E-state index contributed by atoms with van der Waals surface area (Å²) in [6.07, 6.45) is -2.41. The van der Waals surface area contributed by atoms with Crippen molar-refractivity contribution < 1.29 is 23.0 Å². The third-order valence-electron chi connectivity index (χ3n) is 3.09. The third-order valence-corrected chi connectivity index (χ3v) is 3.09. The highest BCUT2D eigenvalue weighted by molar-refractivity contribution is 6.00. The number of alkyl halides is 2. The number of Topliss-reactive ketones (excluding diaryl/α,β-unsaturated/α-hetero) is 1. The minimum Gasteiger partial charge on any atom is -0.497 e. The van der Waals surface area contributed by atoms with Crippen molar-refractivity contribution in [3.05, 3.63) is 42.0 Å². The molecule has 0 spiro atoms. The van der Waals surface area contributed by atoms with Crippen LogP contribution in [-0.2, 0) is 4.74 Å². The first-order chi connectivity index (χ1) is 10.1. The van der Waals surface area contributed by atoms with E-state index in [0.717, 1.165) is 16.5 Å². The Morgan fingerprint density at radius 2 is 1.86 bits per heavy atom. The molecule has 0 saturated carbocycles. The molecule has 0 aliphatic heterocycles. The van der Waals surface area contributed by atoms with Gasteiger partial charge >= 0.3 is 0 Å². The van der Waals surface area contributed by atoms with Crippen molar-refractivity contribution in [2.24, 2.45) is 0 Å². The molecule has 0 N–H and O–H groups in total. The van der Waals surface area contributed by atoms with Gasteiger partial charge in [-0.3, -0.25) is 4.79 Å². The predicted octanol–water partition coefficient (Wildman–Crippen LogP) is 3.70. The van der Waals surface area contributed by atoms with Crippen LogP contribution in [0.1, 0.15) is 16.8 Å². The molecule has 0 aliphatic rings. The largest absolute Gasteiger partial charge is 0.497 e. The van der Waals surface area contributed by atoms with E-state index < -0.39 is 13.0 Å². The van der Waals surface area contributed by atoms with E-state index in [4.69, 9.17) is 9.47 Å². The molecule has 0 radical (unpaired) electrons. The molecule has 0 fully saturated rings. The van der Waals surface area contributed by atoms with Gasteiger partial charge in [0.25, 0.3) is 6.43 Å². The summed E-state index contributed by atoms with van der Waals surface area (Å²) >= 11 is 0. The normalized spacial score (nSPS) is 11.0. The number of rotatable bonds is 7. The van der Waals surface area contributed by atoms with Crippen LogP contribution < -0.4 is 4.74 Å². The molecular weight excluding hydrogens is 278 g/mol. The molecule has 2 aromatic carbocycles. The second kappa shape index (κ2) is 7.13. The van der Waals surface area contributed by atoms with Crippen molar-refractivity contribution >= 4 is 16.6 Å². The van der Waals surface area contributed by atoms with Gasteiger partial charge in [-0.15, -0.1) is 0 Å². The molecule has 0 amide bonds. The number of hydrogen-bond donors (Lipinski definition) is 0. The van der Waals surface area contributed by atoms with E-state index in [2.05, 4.69) is 0 Å². The highest BCUT2D eigenvalue weighted by Crippen LogP contribution is 2.22. The Bertz CT molecular complexity index is 626. The topological polar surface area (TPSA) is 35.5 Å². The van der Waals surface area contributed by atoms with Crippen LogP contribution in [-0.4, -0.2) is 32.5 Å². The third kappa shape index (κ3) is 4.23. The fourth-order valence-electron chi connectivity index (χ4n) is 2.01. The summed E-state index contributed by atoms with van der Waals surface area (Å²) in [6, 6.07) is 10.9. The second-order valence-electron chi connectivity index (χ2n) is 4.57. The summed E-state index contributed by atoms with van der Waals surface area (Å²) in [6.45, 7) is -0.630. The average Bonchev–Trinajstić information content (AvgIpc) is 2.50. The molecule has 5 heteroatoms. The second-order valence-corrected chi connectivity index (χ2v) is 4.57. The van der Waals surface area contributed by atoms with Gasteiger partial charge in [-0.05, 0) is 29.0 Å². The van der Waals surface area contributed by atoms with Gasteiger partial charge in [0.15, 0.2) is 5.78 Å². The number of halogens is 2. The Hall–Kier alpha value is -2.01. The van der Waals surface area contributed by atoms with E-state index in [1.165, 1.54) is 0 Å². The van der Waals surface area contributed by atoms with Gasteiger partial charge in [0, 0.05) is 12.0 Å². The zero-order valence-corrected chi connectivity index (χ0v) is 11.6. The molecular formula is C16H16F2O3. The van der Waals surface area contributed by atoms with E-state index in [1.54, 1.807) is 19.2 Å². The van der Waals surface area contributed by atoms with Crippen molar-refractivity contribution in [2.75, 3.05) is 20.3 Å². The van der Waals surface area contributed by atoms with Crippen molar-refractivity contribution in [1.82, 2.24) is 0 Å². The number of methoxy groups -OCH3 is 1. The highest BCUT2D eigenvalue weighted by atomic mass is 19.3. The van der Waals surface area contributed by atoms with Crippen LogP contribution >= 0.6 is 0 Å². The molecule has 2 rings (SSSR count). The summed E-state index contributed by atoms with van der Waals surface area (Å²) in [4.78, 5) is 12.0. The summed E-state index contributed by atoms with van der Waals surface area (Å²) in [5.74, 6) is 0.629. The molecule has 21 heavy (non-hydrogen) atoms. The van der Waals surface area contributed by atoms with Crippen molar-refractivity contribution in [3.8, 4) is 5.75 Å². The number of carbonyl (C=O) groups is 1. The molecule has 0 aliphatic carbocycles. The van der Waals surface area contributed by atoms with Gasteiger partial charge in [-0.25, -0.2) is 8.78 Å². The molecule has 0 bridgehead atoms. The molecule has 0 saturated heterocycles. The SMILES string of the molecule is COc1ccc2cc(C(=O)CCOCC(F)F)ccc2c1. The molecule has 2 aromatic rings. The summed E-state index contributed by atoms with van der Waals surface area (Å²) in [5, 5.41) is 1.90. The first-order valence-electron chi connectivity index (χ1n) is 6.57. The van der Waals surface area contributed by atoms with Gasteiger partial charge in [-0.1, -0.05) is 18.2 Å². The van der Waals surface area contributed by atoms with E-state index in [-0.39, 0.29) is 18.8 Å². The number of carbonyl (C=O) groups excluding carboxylic acids is 1. The molecule has 3 nitrogen and oxygen atoms in total.